The predicted molar refractivity (Wildman–Crippen MR) is 90.3 cm³/mol. The van der Waals surface area contributed by atoms with Gasteiger partial charge in [0.05, 0.1) is 6.61 Å². The lowest BCUT2D eigenvalue weighted by atomic mass is 9.84. The molecule has 0 atom stereocenters. The van der Waals surface area contributed by atoms with Gasteiger partial charge in [0.2, 0.25) is 0 Å². The monoisotopic (exact) mass is 310 g/mol. The molecule has 0 aromatic heterocycles. The van der Waals surface area contributed by atoms with E-state index in [1.54, 1.807) is 7.11 Å². The van der Waals surface area contributed by atoms with E-state index in [1.165, 1.54) is 24.1 Å². The minimum absolute atomic E-state index is 0.376. The number of anilines is 1. The van der Waals surface area contributed by atoms with Gasteiger partial charge in [-0.3, -0.25) is 0 Å². The molecule has 0 amide bonds. The molecular formula is C17H27ClN2O. The fraction of sp³-hybridized carbons (Fsp3) is 0.647. The Bertz CT molecular complexity index is 462. The summed E-state index contributed by atoms with van der Waals surface area (Å²) in [6.45, 7) is 9.37. The van der Waals surface area contributed by atoms with Gasteiger partial charge in [-0.15, -0.1) is 0 Å². The summed E-state index contributed by atoms with van der Waals surface area (Å²) in [6.07, 6.45) is 2.54. The Labute approximate surface area is 133 Å². The number of nitrogens with one attached hydrogen (secondary N) is 1. The van der Waals surface area contributed by atoms with Crippen molar-refractivity contribution in [1.82, 2.24) is 5.32 Å². The van der Waals surface area contributed by atoms with Gasteiger partial charge < -0.3 is 15.0 Å². The van der Waals surface area contributed by atoms with Crippen molar-refractivity contribution in [2.45, 2.75) is 33.2 Å². The minimum atomic E-state index is 0.376. The first-order valence-electron chi connectivity index (χ1n) is 7.75. The number of rotatable bonds is 6. The van der Waals surface area contributed by atoms with Crippen LogP contribution in [0, 0.1) is 5.41 Å². The molecule has 0 aliphatic carbocycles. The first-order chi connectivity index (χ1) is 10.0. The normalized spacial score (nSPS) is 18.0. The molecule has 0 spiro atoms. The average Bonchev–Trinajstić information content (AvgIpc) is 2.44. The zero-order valence-corrected chi connectivity index (χ0v) is 14.2. The zero-order chi connectivity index (χ0) is 15.3. The Kier molecular flexibility index (Phi) is 5.91. The van der Waals surface area contributed by atoms with Crippen LogP contribution in [-0.4, -0.2) is 33.4 Å². The Morgan fingerprint density at radius 1 is 1.38 bits per heavy atom. The Balaban J connectivity index is 2.11. The molecule has 0 radical (unpaired) electrons. The van der Waals surface area contributed by atoms with E-state index in [-0.39, 0.29) is 0 Å². The molecule has 0 unspecified atom stereocenters. The molecule has 0 bridgehead atoms. The maximum atomic E-state index is 6.22. The van der Waals surface area contributed by atoms with Crippen molar-refractivity contribution in [1.29, 1.82) is 0 Å². The van der Waals surface area contributed by atoms with Crippen molar-refractivity contribution in [3.05, 3.63) is 28.8 Å². The summed E-state index contributed by atoms with van der Waals surface area (Å²) < 4.78 is 5.08. The molecule has 1 N–H and O–H groups in total. The molecule has 3 nitrogen and oxygen atoms in total. The highest BCUT2D eigenvalue weighted by Crippen LogP contribution is 2.34. The van der Waals surface area contributed by atoms with E-state index in [4.69, 9.17) is 16.3 Å². The third-order valence-electron chi connectivity index (χ3n) is 4.09. The molecule has 21 heavy (non-hydrogen) atoms. The van der Waals surface area contributed by atoms with Crippen LogP contribution >= 0.6 is 11.6 Å². The Morgan fingerprint density at radius 2 is 2.19 bits per heavy atom. The van der Waals surface area contributed by atoms with Crippen LogP contribution in [0.15, 0.2) is 18.2 Å². The second-order valence-corrected chi connectivity index (χ2v) is 7.07. The van der Waals surface area contributed by atoms with E-state index < -0.39 is 0 Å². The Hall–Kier alpha value is -0.770. The molecule has 1 heterocycles. The lowest BCUT2D eigenvalue weighted by molar-refractivity contribution is 0.199. The summed E-state index contributed by atoms with van der Waals surface area (Å²) >= 11 is 6.22. The van der Waals surface area contributed by atoms with E-state index in [0.29, 0.717) is 5.41 Å². The number of ether oxygens (including phenoxy) is 1. The van der Waals surface area contributed by atoms with E-state index in [9.17, 15) is 0 Å². The van der Waals surface area contributed by atoms with Gasteiger partial charge in [-0.1, -0.05) is 31.5 Å². The second-order valence-electron chi connectivity index (χ2n) is 6.63. The van der Waals surface area contributed by atoms with Gasteiger partial charge in [0, 0.05) is 44.0 Å². The molecule has 118 valence electrons. The molecule has 1 fully saturated rings. The molecule has 1 aromatic carbocycles. The van der Waals surface area contributed by atoms with E-state index >= 15 is 0 Å². The van der Waals surface area contributed by atoms with E-state index in [2.05, 4.69) is 36.2 Å². The van der Waals surface area contributed by atoms with E-state index in [0.717, 1.165) is 37.8 Å². The summed E-state index contributed by atoms with van der Waals surface area (Å²) in [4.78, 5) is 2.49. The number of methoxy groups -OCH3 is 1. The van der Waals surface area contributed by atoms with Crippen LogP contribution < -0.4 is 10.2 Å². The third kappa shape index (κ3) is 4.87. The zero-order valence-electron chi connectivity index (χ0n) is 13.4. The quantitative estimate of drug-likeness (QED) is 0.811. The maximum Gasteiger partial charge on any atom is 0.0587 e. The number of hydrogen-bond acceptors (Lipinski definition) is 3. The van der Waals surface area contributed by atoms with Crippen molar-refractivity contribution < 1.29 is 4.74 Å². The van der Waals surface area contributed by atoms with Crippen LogP contribution in [0.3, 0.4) is 0 Å². The standard InChI is InChI=1S/C17H27ClN2O/c1-17(2)7-4-9-20(13-17)16-11-15(18)6-5-14(16)12-19-8-10-21-3/h5-6,11,19H,4,7-10,12-13H2,1-3H3. The van der Waals surface area contributed by atoms with Crippen LogP contribution in [0.25, 0.3) is 0 Å². The number of nitrogens with zero attached hydrogens (tertiary/aromatic N) is 1. The van der Waals surface area contributed by atoms with Gasteiger partial charge in [-0.05, 0) is 36.0 Å². The van der Waals surface area contributed by atoms with Gasteiger partial charge in [-0.2, -0.15) is 0 Å². The molecule has 1 aromatic rings. The van der Waals surface area contributed by atoms with Gasteiger partial charge in [0.15, 0.2) is 0 Å². The molecular weight excluding hydrogens is 284 g/mol. The predicted octanol–water partition coefficient (Wildman–Crippen LogP) is 3.70. The van der Waals surface area contributed by atoms with Crippen molar-refractivity contribution in [2.75, 3.05) is 38.3 Å². The molecule has 1 aliphatic rings. The summed E-state index contributed by atoms with van der Waals surface area (Å²) in [5.41, 5.74) is 2.97. The number of hydrogen-bond donors (Lipinski definition) is 1. The highest BCUT2D eigenvalue weighted by atomic mass is 35.5. The third-order valence-corrected chi connectivity index (χ3v) is 4.32. The lowest BCUT2D eigenvalue weighted by Gasteiger charge is -2.40. The van der Waals surface area contributed by atoms with Crippen LogP contribution in [-0.2, 0) is 11.3 Å². The minimum Gasteiger partial charge on any atom is -0.383 e. The average molecular weight is 311 g/mol. The lowest BCUT2D eigenvalue weighted by Crippen LogP contribution is -2.40. The summed E-state index contributed by atoms with van der Waals surface area (Å²) in [5, 5.41) is 4.24. The van der Waals surface area contributed by atoms with Crippen LogP contribution in [0.5, 0.6) is 0 Å². The van der Waals surface area contributed by atoms with E-state index in [1.807, 2.05) is 6.07 Å². The molecule has 1 saturated heterocycles. The largest absolute Gasteiger partial charge is 0.383 e. The Morgan fingerprint density at radius 3 is 2.90 bits per heavy atom. The topological polar surface area (TPSA) is 24.5 Å². The number of halogens is 1. The number of benzene rings is 1. The summed E-state index contributed by atoms with van der Waals surface area (Å²) in [7, 11) is 1.73. The second kappa shape index (κ2) is 7.48. The smallest absolute Gasteiger partial charge is 0.0587 e. The first kappa shape index (κ1) is 16.6. The number of piperidine rings is 1. The van der Waals surface area contributed by atoms with Crippen LogP contribution in [0.4, 0.5) is 5.69 Å². The van der Waals surface area contributed by atoms with Crippen LogP contribution in [0.1, 0.15) is 32.3 Å². The molecule has 0 saturated carbocycles. The van der Waals surface area contributed by atoms with Crippen LogP contribution in [0.2, 0.25) is 5.02 Å². The summed E-state index contributed by atoms with van der Waals surface area (Å²) in [5.74, 6) is 0. The van der Waals surface area contributed by atoms with Crippen molar-refractivity contribution in [3.63, 3.8) is 0 Å². The van der Waals surface area contributed by atoms with Gasteiger partial charge in [0.25, 0.3) is 0 Å². The molecule has 1 aliphatic heterocycles. The van der Waals surface area contributed by atoms with Crippen molar-refractivity contribution in [3.8, 4) is 0 Å². The van der Waals surface area contributed by atoms with Crippen molar-refractivity contribution in [2.24, 2.45) is 5.41 Å². The molecule has 2 rings (SSSR count). The fourth-order valence-corrected chi connectivity index (χ4v) is 3.17. The SMILES string of the molecule is COCCNCc1ccc(Cl)cc1N1CCCC(C)(C)C1. The van der Waals surface area contributed by atoms with Gasteiger partial charge >= 0.3 is 0 Å². The highest BCUT2D eigenvalue weighted by molar-refractivity contribution is 6.30. The highest BCUT2D eigenvalue weighted by Gasteiger charge is 2.27. The molecule has 4 heteroatoms. The van der Waals surface area contributed by atoms with Gasteiger partial charge in [0.1, 0.15) is 0 Å². The summed E-state index contributed by atoms with van der Waals surface area (Å²) in [6, 6.07) is 6.23. The maximum absolute atomic E-state index is 6.22. The first-order valence-corrected chi connectivity index (χ1v) is 8.13. The van der Waals surface area contributed by atoms with Gasteiger partial charge in [-0.25, -0.2) is 0 Å². The fourth-order valence-electron chi connectivity index (χ4n) is 3.01. The van der Waals surface area contributed by atoms with Crippen molar-refractivity contribution >= 4 is 17.3 Å².